The molecule has 0 saturated heterocycles. The van der Waals surface area contributed by atoms with Gasteiger partial charge in [0.1, 0.15) is 0 Å². The van der Waals surface area contributed by atoms with Crippen molar-refractivity contribution in [3.8, 4) is 0 Å². The van der Waals surface area contributed by atoms with Crippen LogP contribution in [0.25, 0.3) is 0 Å². The molecule has 0 aromatic heterocycles. The summed E-state index contributed by atoms with van der Waals surface area (Å²) in [6, 6.07) is 0. The highest BCUT2D eigenvalue weighted by Crippen LogP contribution is 2.37. The van der Waals surface area contributed by atoms with Crippen LogP contribution in [-0.4, -0.2) is 3.79 Å². The monoisotopic (exact) mass is 173 g/mol. The van der Waals surface area contributed by atoms with Crippen molar-refractivity contribution in [2.75, 3.05) is 0 Å². The second-order valence-electron chi connectivity index (χ2n) is 1.63. The van der Waals surface area contributed by atoms with E-state index in [1.807, 2.05) is 13.8 Å². The fraction of sp³-hybridized carbons (Fsp3) is 0.800. The molecule has 0 aromatic carbocycles. The molecule has 0 heterocycles. The van der Waals surface area contributed by atoms with Crippen LogP contribution in [-0.2, 0) is 0 Å². The van der Waals surface area contributed by atoms with Gasteiger partial charge in [0.2, 0.25) is 0 Å². The highest BCUT2D eigenvalue weighted by atomic mass is 35.6. The van der Waals surface area contributed by atoms with Gasteiger partial charge in [-0.2, -0.15) is 0 Å². The molecule has 0 rings (SSSR count). The SMILES string of the molecule is CC[C](C)C(Cl)(Cl)Cl. The van der Waals surface area contributed by atoms with Gasteiger partial charge in [-0.3, -0.25) is 0 Å². The molecule has 8 heavy (non-hydrogen) atoms. The fourth-order valence-corrected chi connectivity index (χ4v) is 0.601. The van der Waals surface area contributed by atoms with Crippen molar-refractivity contribution in [2.24, 2.45) is 0 Å². The lowest BCUT2D eigenvalue weighted by Gasteiger charge is -2.16. The first-order valence-corrected chi connectivity index (χ1v) is 3.51. The topological polar surface area (TPSA) is 0 Å². The van der Waals surface area contributed by atoms with Gasteiger partial charge in [0.25, 0.3) is 0 Å². The third kappa shape index (κ3) is 3.01. The number of alkyl halides is 3. The van der Waals surface area contributed by atoms with Gasteiger partial charge in [-0.15, -0.1) is 0 Å². The van der Waals surface area contributed by atoms with Gasteiger partial charge in [0.05, 0.1) is 0 Å². The first-order chi connectivity index (χ1) is 3.48. The third-order valence-corrected chi connectivity index (χ3v) is 1.98. The van der Waals surface area contributed by atoms with Crippen LogP contribution in [0.1, 0.15) is 20.3 Å². The van der Waals surface area contributed by atoms with Gasteiger partial charge in [-0.1, -0.05) is 48.7 Å². The quantitative estimate of drug-likeness (QED) is 0.535. The van der Waals surface area contributed by atoms with Crippen molar-refractivity contribution < 1.29 is 0 Å². The fourth-order valence-electron chi connectivity index (χ4n) is 0.200. The minimum Gasteiger partial charge on any atom is -0.0830 e. The normalized spacial score (nSPS) is 12.8. The lowest BCUT2D eigenvalue weighted by molar-refractivity contribution is 0.867. The predicted octanol–water partition coefficient (Wildman–Crippen LogP) is 3.36. The second kappa shape index (κ2) is 3.14. The zero-order valence-corrected chi connectivity index (χ0v) is 7.11. The summed E-state index contributed by atoms with van der Waals surface area (Å²) in [6.45, 7) is 3.78. The Morgan fingerprint density at radius 3 is 1.75 bits per heavy atom. The van der Waals surface area contributed by atoms with E-state index in [4.69, 9.17) is 34.8 Å². The molecule has 0 aromatic rings. The van der Waals surface area contributed by atoms with Crippen LogP contribution in [0.2, 0.25) is 0 Å². The van der Waals surface area contributed by atoms with Crippen LogP contribution in [0.15, 0.2) is 0 Å². The maximum atomic E-state index is 5.48. The molecular weight excluding hydrogens is 166 g/mol. The van der Waals surface area contributed by atoms with E-state index in [0.29, 0.717) is 0 Å². The standard InChI is InChI=1S/C5H8Cl3/c1-3-4(2)5(6,7)8/h3H2,1-2H3. The van der Waals surface area contributed by atoms with Gasteiger partial charge in [0, 0.05) is 5.92 Å². The van der Waals surface area contributed by atoms with Crippen LogP contribution in [0.4, 0.5) is 0 Å². The average Bonchev–Trinajstić information content (AvgIpc) is 1.62. The lowest BCUT2D eigenvalue weighted by atomic mass is 10.1. The summed E-state index contributed by atoms with van der Waals surface area (Å²) in [4.78, 5) is 0. The smallest absolute Gasteiger partial charge is 0.0830 e. The Morgan fingerprint density at radius 2 is 1.75 bits per heavy atom. The molecule has 0 nitrogen and oxygen atoms in total. The van der Waals surface area contributed by atoms with E-state index in [9.17, 15) is 0 Å². The predicted molar refractivity (Wildman–Crippen MR) is 39.5 cm³/mol. The third-order valence-electron chi connectivity index (χ3n) is 1.01. The average molecular weight is 174 g/mol. The van der Waals surface area contributed by atoms with E-state index in [1.54, 1.807) is 0 Å². The van der Waals surface area contributed by atoms with Crippen LogP contribution < -0.4 is 0 Å². The van der Waals surface area contributed by atoms with E-state index in [0.717, 1.165) is 12.3 Å². The number of rotatable bonds is 1. The summed E-state index contributed by atoms with van der Waals surface area (Å²) >= 11 is 16.4. The summed E-state index contributed by atoms with van der Waals surface area (Å²) in [5.74, 6) is 0.877. The minimum absolute atomic E-state index is 0.816. The molecule has 0 fully saturated rings. The number of hydrogen-bond donors (Lipinski definition) is 0. The molecule has 0 bridgehead atoms. The molecule has 0 aliphatic carbocycles. The molecular formula is C5H8Cl3. The first-order valence-electron chi connectivity index (χ1n) is 2.38. The Labute approximate surface area is 65.1 Å². The highest BCUT2D eigenvalue weighted by molar-refractivity contribution is 6.69. The molecule has 0 aliphatic rings. The minimum atomic E-state index is -1.16. The Balaban J connectivity index is 3.62. The molecule has 1 radical (unpaired) electrons. The van der Waals surface area contributed by atoms with Crippen molar-refractivity contribution in [1.82, 2.24) is 0 Å². The van der Waals surface area contributed by atoms with E-state index >= 15 is 0 Å². The maximum absolute atomic E-state index is 5.48. The summed E-state index contributed by atoms with van der Waals surface area (Å²) in [7, 11) is 0. The summed E-state index contributed by atoms with van der Waals surface area (Å²) in [5, 5.41) is 0. The molecule has 0 atom stereocenters. The molecule has 49 valence electrons. The van der Waals surface area contributed by atoms with Crippen molar-refractivity contribution in [1.29, 1.82) is 0 Å². The van der Waals surface area contributed by atoms with Gasteiger partial charge >= 0.3 is 0 Å². The summed E-state index contributed by atoms with van der Waals surface area (Å²) in [5.41, 5.74) is 0. The molecule has 0 unspecified atom stereocenters. The molecule has 0 N–H and O–H groups in total. The van der Waals surface area contributed by atoms with Crippen LogP contribution in [0.3, 0.4) is 0 Å². The number of halogens is 3. The van der Waals surface area contributed by atoms with Crippen LogP contribution in [0.5, 0.6) is 0 Å². The molecule has 0 saturated carbocycles. The highest BCUT2D eigenvalue weighted by Gasteiger charge is 2.26. The largest absolute Gasteiger partial charge is 0.196 e. The van der Waals surface area contributed by atoms with Gasteiger partial charge in [-0.05, 0) is 6.42 Å². The number of hydrogen-bond acceptors (Lipinski definition) is 0. The van der Waals surface area contributed by atoms with Crippen LogP contribution in [0, 0.1) is 5.92 Å². The molecule has 3 heteroatoms. The second-order valence-corrected chi connectivity index (χ2v) is 3.91. The van der Waals surface area contributed by atoms with E-state index < -0.39 is 3.79 Å². The van der Waals surface area contributed by atoms with Crippen molar-refractivity contribution in [2.45, 2.75) is 24.1 Å². The Hall–Kier alpha value is 0.870. The van der Waals surface area contributed by atoms with E-state index in [2.05, 4.69) is 0 Å². The molecule has 0 spiro atoms. The zero-order chi connectivity index (χ0) is 6.78. The maximum Gasteiger partial charge on any atom is 0.196 e. The van der Waals surface area contributed by atoms with Crippen molar-refractivity contribution >= 4 is 34.8 Å². The summed E-state index contributed by atoms with van der Waals surface area (Å²) in [6.07, 6.45) is 0.816. The Kier molecular flexibility index (Phi) is 3.49. The van der Waals surface area contributed by atoms with Gasteiger partial charge in [0.15, 0.2) is 3.79 Å². The Bertz CT molecular complexity index is 64.6. The molecule has 0 amide bonds. The van der Waals surface area contributed by atoms with E-state index in [-0.39, 0.29) is 0 Å². The molecule has 0 aliphatic heterocycles. The van der Waals surface area contributed by atoms with Gasteiger partial charge in [-0.25, -0.2) is 0 Å². The van der Waals surface area contributed by atoms with Crippen LogP contribution >= 0.6 is 34.8 Å². The zero-order valence-electron chi connectivity index (χ0n) is 4.84. The first kappa shape index (κ1) is 8.87. The Morgan fingerprint density at radius 1 is 1.38 bits per heavy atom. The summed E-state index contributed by atoms with van der Waals surface area (Å²) < 4.78 is -1.16. The van der Waals surface area contributed by atoms with Gasteiger partial charge < -0.3 is 0 Å². The lowest BCUT2D eigenvalue weighted by Crippen LogP contribution is -2.11. The van der Waals surface area contributed by atoms with Crippen molar-refractivity contribution in [3.63, 3.8) is 0 Å². The van der Waals surface area contributed by atoms with E-state index in [1.165, 1.54) is 0 Å². The van der Waals surface area contributed by atoms with Crippen molar-refractivity contribution in [3.05, 3.63) is 5.92 Å².